The van der Waals surface area contributed by atoms with Crippen LogP contribution < -0.4 is 10.6 Å². The first-order valence-corrected chi connectivity index (χ1v) is 12.4. The van der Waals surface area contributed by atoms with E-state index in [1.807, 2.05) is 6.26 Å². The van der Waals surface area contributed by atoms with E-state index >= 15 is 0 Å². The number of para-hydroxylation sites is 1. The lowest BCUT2D eigenvalue weighted by molar-refractivity contribution is -0.140. The number of pyridine rings is 1. The molecule has 1 aliphatic carbocycles. The minimum absolute atomic E-state index is 0.0912. The summed E-state index contributed by atoms with van der Waals surface area (Å²) < 4.78 is 40.6. The number of thioether (sulfide) groups is 1. The Hall–Kier alpha value is -2.40. The van der Waals surface area contributed by atoms with Crippen molar-refractivity contribution in [2.75, 3.05) is 11.6 Å². The SMILES string of the molecule is CSc1ncc(Br)c(C(=O)N[C@@H]2CCC[C@H](Nc3cc(C(F)(F)F)nc4ccccc34)C2)n1. The number of carbonyl (C=O) groups excluding carboxylic acids is 1. The maximum absolute atomic E-state index is 13.4. The van der Waals surface area contributed by atoms with Crippen molar-refractivity contribution in [1.29, 1.82) is 0 Å². The highest BCUT2D eigenvalue weighted by Crippen LogP contribution is 2.34. The minimum atomic E-state index is -4.54. The second-order valence-corrected chi connectivity index (χ2v) is 9.43. The summed E-state index contributed by atoms with van der Waals surface area (Å²) in [7, 11) is 0. The molecule has 2 N–H and O–H groups in total. The van der Waals surface area contributed by atoms with E-state index in [2.05, 4.69) is 41.5 Å². The predicted molar refractivity (Wildman–Crippen MR) is 125 cm³/mol. The maximum Gasteiger partial charge on any atom is 0.433 e. The summed E-state index contributed by atoms with van der Waals surface area (Å²) in [6.45, 7) is 0. The molecular formula is C22H21BrF3N5OS. The number of nitrogens with one attached hydrogen (secondary N) is 2. The number of hydrogen-bond donors (Lipinski definition) is 2. The molecule has 0 radical (unpaired) electrons. The van der Waals surface area contributed by atoms with Gasteiger partial charge >= 0.3 is 6.18 Å². The molecule has 1 saturated carbocycles. The van der Waals surface area contributed by atoms with Crippen molar-refractivity contribution in [3.05, 3.63) is 52.4 Å². The Kier molecular flexibility index (Phi) is 7.08. The molecule has 2 heterocycles. The maximum atomic E-state index is 13.4. The van der Waals surface area contributed by atoms with Gasteiger partial charge in [-0.05, 0) is 60.0 Å². The van der Waals surface area contributed by atoms with Crippen LogP contribution in [0.3, 0.4) is 0 Å². The first-order chi connectivity index (χ1) is 15.7. The number of halogens is 4. The number of hydrogen-bond acceptors (Lipinski definition) is 6. The van der Waals surface area contributed by atoms with Crippen molar-refractivity contribution in [2.45, 2.75) is 49.1 Å². The van der Waals surface area contributed by atoms with Crippen molar-refractivity contribution >= 4 is 50.2 Å². The molecule has 33 heavy (non-hydrogen) atoms. The zero-order chi connectivity index (χ0) is 23.6. The standard InChI is InChI=1S/C22H21BrF3N5OS/c1-33-21-27-11-15(23)19(31-21)20(32)29-13-6-4-5-12(9-13)28-17-10-18(22(24,25)26)30-16-8-3-2-7-14(16)17/h2-3,7-8,10-13H,4-6,9H2,1H3,(H,28,30)(H,29,32)/t12-,13+/m0/s1. The topological polar surface area (TPSA) is 79.8 Å². The number of nitrogens with zero attached hydrogens (tertiary/aromatic N) is 3. The van der Waals surface area contributed by atoms with Crippen LogP contribution in [0.5, 0.6) is 0 Å². The molecule has 0 spiro atoms. The zero-order valence-electron chi connectivity index (χ0n) is 17.6. The number of rotatable bonds is 5. The Morgan fingerprint density at radius 2 is 1.94 bits per heavy atom. The van der Waals surface area contributed by atoms with Gasteiger partial charge in [-0.1, -0.05) is 30.0 Å². The van der Waals surface area contributed by atoms with Gasteiger partial charge in [-0.2, -0.15) is 13.2 Å². The van der Waals surface area contributed by atoms with Gasteiger partial charge in [0.1, 0.15) is 11.4 Å². The molecule has 0 saturated heterocycles. The van der Waals surface area contributed by atoms with Crippen LogP contribution in [-0.4, -0.2) is 39.2 Å². The largest absolute Gasteiger partial charge is 0.433 e. The van der Waals surface area contributed by atoms with E-state index in [0.29, 0.717) is 27.1 Å². The Balaban J connectivity index is 1.51. The summed E-state index contributed by atoms with van der Waals surface area (Å²) in [6.07, 6.45) is 1.83. The van der Waals surface area contributed by atoms with E-state index in [1.54, 1.807) is 30.5 Å². The van der Waals surface area contributed by atoms with Crippen molar-refractivity contribution in [3.8, 4) is 0 Å². The molecule has 1 fully saturated rings. The highest BCUT2D eigenvalue weighted by Gasteiger charge is 2.34. The summed E-state index contributed by atoms with van der Waals surface area (Å²) in [4.78, 5) is 25.0. The lowest BCUT2D eigenvalue weighted by atomic mass is 9.90. The molecular weight excluding hydrogens is 519 g/mol. The van der Waals surface area contributed by atoms with Crippen molar-refractivity contribution < 1.29 is 18.0 Å². The van der Waals surface area contributed by atoms with Crippen molar-refractivity contribution in [3.63, 3.8) is 0 Å². The van der Waals surface area contributed by atoms with Crippen LogP contribution in [0.4, 0.5) is 18.9 Å². The van der Waals surface area contributed by atoms with Crippen LogP contribution in [0.15, 0.2) is 46.2 Å². The van der Waals surface area contributed by atoms with Gasteiger partial charge in [0, 0.05) is 29.4 Å². The summed E-state index contributed by atoms with van der Waals surface area (Å²) in [6, 6.07) is 7.61. The normalized spacial score (nSPS) is 18.8. The third kappa shape index (κ3) is 5.57. The van der Waals surface area contributed by atoms with Crippen LogP contribution in [0, 0.1) is 0 Å². The molecule has 4 rings (SSSR count). The molecule has 1 aliphatic rings. The first kappa shape index (κ1) is 23.7. The summed E-state index contributed by atoms with van der Waals surface area (Å²) in [5.74, 6) is -0.307. The first-order valence-electron chi connectivity index (χ1n) is 10.4. The van der Waals surface area contributed by atoms with Crippen LogP contribution >= 0.6 is 27.7 Å². The molecule has 3 aromatic rings. The monoisotopic (exact) mass is 539 g/mol. The third-order valence-corrected chi connectivity index (χ3v) is 6.64. The second-order valence-electron chi connectivity index (χ2n) is 7.80. The van der Waals surface area contributed by atoms with Crippen LogP contribution in [-0.2, 0) is 6.18 Å². The number of alkyl halides is 3. The lowest BCUT2D eigenvalue weighted by Gasteiger charge is -2.31. The van der Waals surface area contributed by atoms with Gasteiger partial charge in [0.05, 0.1) is 9.99 Å². The molecule has 2 aromatic heterocycles. The Bertz CT molecular complexity index is 1180. The number of amides is 1. The fraction of sp³-hybridized carbons (Fsp3) is 0.364. The quantitative estimate of drug-likeness (QED) is 0.320. The Morgan fingerprint density at radius 3 is 2.70 bits per heavy atom. The molecule has 0 aliphatic heterocycles. The van der Waals surface area contributed by atoms with Gasteiger partial charge in [0.25, 0.3) is 5.91 Å². The van der Waals surface area contributed by atoms with Crippen LogP contribution in [0.1, 0.15) is 41.9 Å². The lowest BCUT2D eigenvalue weighted by Crippen LogP contribution is -2.42. The molecule has 1 amide bonds. The zero-order valence-corrected chi connectivity index (χ0v) is 20.0. The Morgan fingerprint density at radius 1 is 1.18 bits per heavy atom. The number of fused-ring (bicyclic) bond motifs is 1. The molecule has 0 bridgehead atoms. The van der Waals surface area contributed by atoms with E-state index < -0.39 is 11.9 Å². The number of carbonyl (C=O) groups is 1. The van der Waals surface area contributed by atoms with Gasteiger partial charge in [-0.25, -0.2) is 15.0 Å². The van der Waals surface area contributed by atoms with Gasteiger partial charge in [0.2, 0.25) is 0 Å². The fourth-order valence-electron chi connectivity index (χ4n) is 3.97. The predicted octanol–water partition coefficient (Wildman–Crippen LogP) is 5.68. The van der Waals surface area contributed by atoms with E-state index in [-0.39, 0.29) is 29.2 Å². The number of benzene rings is 1. The average Bonchev–Trinajstić information content (AvgIpc) is 2.79. The summed E-state index contributed by atoms with van der Waals surface area (Å²) in [5, 5.41) is 7.42. The van der Waals surface area contributed by atoms with E-state index in [1.165, 1.54) is 11.8 Å². The van der Waals surface area contributed by atoms with Crippen molar-refractivity contribution in [2.24, 2.45) is 0 Å². The fourth-order valence-corrected chi connectivity index (χ4v) is 4.69. The van der Waals surface area contributed by atoms with Gasteiger partial charge in [-0.3, -0.25) is 4.79 Å². The highest BCUT2D eigenvalue weighted by molar-refractivity contribution is 9.10. The molecule has 1 aromatic carbocycles. The van der Waals surface area contributed by atoms with Crippen LogP contribution in [0.25, 0.3) is 10.9 Å². The molecule has 2 atom stereocenters. The molecule has 174 valence electrons. The minimum Gasteiger partial charge on any atom is -0.382 e. The average molecular weight is 540 g/mol. The Labute approximate surface area is 201 Å². The number of aromatic nitrogens is 3. The second kappa shape index (κ2) is 9.84. The van der Waals surface area contributed by atoms with Gasteiger partial charge in [-0.15, -0.1) is 0 Å². The molecule has 0 unspecified atom stereocenters. The van der Waals surface area contributed by atoms with Gasteiger partial charge < -0.3 is 10.6 Å². The van der Waals surface area contributed by atoms with Crippen LogP contribution in [0.2, 0.25) is 0 Å². The molecule has 6 nitrogen and oxygen atoms in total. The highest BCUT2D eigenvalue weighted by atomic mass is 79.9. The van der Waals surface area contributed by atoms with E-state index in [0.717, 1.165) is 25.3 Å². The molecule has 11 heteroatoms. The third-order valence-electron chi connectivity index (χ3n) is 5.50. The van der Waals surface area contributed by atoms with E-state index in [9.17, 15) is 18.0 Å². The summed E-state index contributed by atoms with van der Waals surface area (Å²) >= 11 is 4.66. The van der Waals surface area contributed by atoms with Crippen molar-refractivity contribution in [1.82, 2.24) is 20.3 Å². The van der Waals surface area contributed by atoms with Gasteiger partial charge in [0.15, 0.2) is 5.16 Å². The van der Waals surface area contributed by atoms with E-state index in [4.69, 9.17) is 0 Å². The summed E-state index contributed by atoms with van der Waals surface area (Å²) in [5.41, 5.74) is 0.0173. The smallest absolute Gasteiger partial charge is 0.382 e. The number of anilines is 1.